The Morgan fingerprint density at radius 2 is 1.65 bits per heavy atom. The van der Waals surface area contributed by atoms with E-state index in [1.165, 1.54) is 17.1 Å². The van der Waals surface area contributed by atoms with Crippen molar-refractivity contribution in [3.05, 3.63) is 54.1 Å². The number of benzene rings is 2. The molecule has 0 bridgehead atoms. The molecule has 0 radical (unpaired) electrons. The van der Waals surface area contributed by atoms with E-state index in [0.717, 1.165) is 0 Å². The van der Waals surface area contributed by atoms with Gasteiger partial charge in [0.25, 0.3) is 17.7 Å². The maximum absolute atomic E-state index is 13.5. The Bertz CT molecular complexity index is 1160. The topological polar surface area (TPSA) is 108 Å². The molecule has 0 saturated heterocycles. The maximum Gasteiger partial charge on any atom is 0.455 e. The molecule has 0 saturated carbocycles. The van der Waals surface area contributed by atoms with Gasteiger partial charge in [0, 0.05) is 18.7 Å². The van der Waals surface area contributed by atoms with Crippen molar-refractivity contribution in [2.75, 3.05) is 31.2 Å². The summed E-state index contributed by atoms with van der Waals surface area (Å²) in [5.41, 5.74) is 2.00. The van der Waals surface area contributed by atoms with Gasteiger partial charge < -0.3 is 25.4 Å². The van der Waals surface area contributed by atoms with E-state index in [2.05, 4.69) is 5.32 Å². The molecule has 1 aliphatic heterocycles. The van der Waals surface area contributed by atoms with Crippen LogP contribution in [0.4, 0.5) is 27.6 Å². The Labute approximate surface area is 208 Å². The fourth-order valence-electron chi connectivity index (χ4n) is 3.85. The van der Waals surface area contributed by atoms with Gasteiger partial charge in [0.15, 0.2) is 0 Å². The molecule has 200 valence electrons. The highest BCUT2D eigenvalue weighted by atomic mass is 19.4. The van der Waals surface area contributed by atoms with Gasteiger partial charge in [-0.05, 0) is 24.1 Å². The fraction of sp³-hybridized carbons (Fsp3) is 0.375. The van der Waals surface area contributed by atoms with Gasteiger partial charge in [-0.3, -0.25) is 14.4 Å². The van der Waals surface area contributed by atoms with E-state index in [1.807, 2.05) is 0 Å². The predicted octanol–water partition coefficient (Wildman–Crippen LogP) is 2.57. The minimum atomic E-state index is -5.91. The number of halogens is 5. The van der Waals surface area contributed by atoms with Crippen LogP contribution in [0.1, 0.15) is 18.5 Å². The molecule has 0 fully saturated rings. The molecule has 3 N–H and O–H groups in total. The lowest BCUT2D eigenvalue weighted by atomic mass is 9.95. The number of nitrogens with zero attached hydrogens (tertiary/aromatic N) is 1. The summed E-state index contributed by atoms with van der Waals surface area (Å²) in [6.07, 6.45) is -8.03. The number of aliphatic hydroxyl groups excluding tert-OH is 1. The minimum Gasteiger partial charge on any atom is -0.395 e. The third-order valence-corrected chi connectivity index (χ3v) is 5.59. The minimum absolute atomic E-state index is 0.127. The van der Waals surface area contributed by atoms with Gasteiger partial charge in [0.2, 0.25) is 6.10 Å². The Balaban J connectivity index is 1.92. The smallest absolute Gasteiger partial charge is 0.395 e. The largest absolute Gasteiger partial charge is 0.455 e. The van der Waals surface area contributed by atoms with Crippen molar-refractivity contribution in [3.8, 4) is 11.1 Å². The predicted molar refractivity (Wildman–Crippen MR) is 122 cm³/mol. The molecule has 1 heterocycles. The van der Waals surface area contributed by atoms with E-state index in [4.69, 9.17) is 4.74 Å². The van der Waals surface area contributed by atoms with Gasteiger partial charge in [-0.25, -0.2) is 0 Å². The average Bonchev–Trinajstić information content (AvgIpc) is 2.95. The number of ether oxygens (including phenoxy) is 1. The number of carbonyl (C=O) groups is 3. The van der Waals surface area contributed by atoms with Crippen LogP contribution in [0.15, 0.2) is 48.5 Å². The molecule has 2 aromatic rings. The third-order valence-electron chi connectivity index (χ3n) is 5.59. The molecule has 3 rings (SSSR count). The van der Waals surface area contributed by atoms with Crippen molar-refractivity contribution in [2.24, 2.45) is 0 Å². The molecule has 3 amide bonds. The van der Waals surface area contributed by atoms with E-state index >= 15 is 0 Å². The van der Waals surface area contributed by atoms with Crippen LogP contribution in [0.3, 0.4) is 0 Å². The number of β-amino-alcohol motifs (C(OH)–C–C–N with tert-alkyl or cyclic N) is 1. The van der Waals surface area contributed by atoms with Gasteiger partial charge in [0.05, 0.1) is 18.8 Å². The second kappa shape index (κ2) is 11.2. The number of hydrogen-bond donors (Lipinski definition) is 3. The molecule has 37 heavy (non-hydrogen) atoms. The molecule has 1 aliphatic rings. The summed E-state index contributed by atoms with van der Waals surface area (Å²) in [5, 5.41) is 13.3. The summed E-state index contributed by atoms with van der Waals surface area (Å²) < 4.78 is 69.0. The van der Waals surface area contributed by atoms with Crippen molar-refractivity contribution in [1.82, 2.24) is 10.6 Å². The van der Waals surface area contributed by atoms with Crippen LogP contribution >= 0.6 is 0 Å². The summed E-state index contributed by atoms with van der Waals surface area (Å²) in [4.78, 5) is 40.2. The van der Waals surface area contributed by atoms with Crippen LogP contribution in [0.2, 0.25) is 0 Å². The van der Waals surface area contributed by atoms with Crippen molar-refractivity contribution < 1.29 is 46.2 Å². The van der Waals surface area contributed by atoms with Gasteiger partial charge >= 0.3 is 12.1 Å². The zero-order valence-corrected chi connectivity index (χ0v) is 19.5. The maximum atomic E-state index is 13.5. The van der Waals surface area contributed by atoms with Crippen LogP contribution in [-0.4, -0.2) is 67.3 Å². The Morgan fingerprint density at radius 3 is 2.27 bits per heavy atom. The number of rotatable bonds is 9. The molecule has 0 aromatic heterocycles. The summed E-state index contributed by atoms with van der Waals surface area (Å²) in [6, 6.07) is 12.0. The summed E-state index contributed by atoms with van der Waals surface area (Å²) in [6.45, 7) is -1.52. The highest BCUT2D eigenvalue weighted by Gasteiger charge is 2.57. The molecular formula is C24H24F5N3O5. The second-order valence-electron chi connectivity index (χ2n) is 8.01. The molecule has 2 aromatic carbocycles. The normalized spacial score (nSPS) is 16.4. The summed E-state index contributed by atoms with van der Waals surface area (Å²) in [7, 11) is 0. The SMILES string of the molecule is CCOC(C(=O)NCC(F)(F)C(F)(F)F)C(=O)N[C@@H]1C(=O)N(CCO)c2ccccc2-c2ccccc21. The average molecular weight is 529 g/mol. The zero-order chi connectivity index (χ0) is 27.4. The monoisotopic (exact) mass is 529 g/mol. The van der Waals surface area contributed by atoms with E-state index in [1.54, 1.807) is 48.5 Å². The molecular weight excluding hydrogens is 505 g/mol. The second-order valence-corrected chi connectivity index (χ2v) is 8.01. The Kier molecular flexibility index (Phi) is 8.49. The molecule has 13 heteroatoms. The highest BCUT2D eigenvalue weighted by Crippen LogP contribution is 2.40. The van der Waals surface area contributed by atoms with E-state index < -0.39 is 55.1 Å². The highest BCUT2D eigenvalue weighted by molar-refractivity contribution is 6.09. The zero-order valence-electron chi connectivity index (χ0n) is 19.5. The third kappa shape index (κ3) is 5.88. The molecule has 0 spiro atoms. The number of fused-ring (bicyclic) bond motifs is 3. The van der Waals surface area contributed by atoms with Gasteiger partial charge in [-0.2, -0.15) is 22.0 Å². The fourth-order valence-corrected chi connectivity index (χ4v) is 3.85. The quantitative estimate of drug-likeness (QED) is 0.342. The van der Waals surface area contributed by atoms with Gasteiger partial charge in [-0.1, -0.05) is 42.5 Å². The van der Waals surface area contributed by atoms with Crippen molar-refractivity contribution in [3.63, 3.8) is 0 Å². The lowest BCUT2D eigenvalue weighted by Crippen LogP contribution is -2.54. The number of alkyl halides is 5. The standard InChI is InChI=1S/C24H24F5N3O5/c1-2-37-19(20(34)30-13-23(25,26)24(27,28)29)21(35)31-18-16-9-4-3-7-14(16)15-8-5-6-10-17(15)32(11-12-33)22(18)36/h3-10,18-19,33H,2,11-13H2,1H3,(H,30,34)(H,31,35)/t18-,19?/m0/s1. The summed E-state index contributed by atoms with van der Waals surface area (Å²) in [5.74, 6) is -8.66. The summed E-state index contributed by atoms with van der Waals surface area (Å²) >= 11 is 0. The number of anilines is 1. The first-order valence-corrected chi connectivity index (χ1v) is 11.2. The Morgan fingerprint density at radius 1 is 1.03 bits per heavy atom. The molecule has 0 aliphatic carbocycles. The van der Waals surface area contributed by atoms with E-state index in [-0.39, 0.29) is 13.2 Å². The van der Waals surface area contributed by atoms with Gasteiger partial charge in [0.1, 0.15) is 6.04 Å². The number of hydrogen-bond acceptors (Lipinski definition) is 5. The van der Waals surface area contributed by atoms with Crippen molar-refractivity contribution in [2.45, 2.75) is 31.2 Å². The first-order chi connectivity index (χ1) is 17.4. The van der Waals surface area contributed by atoms with Gasteiger partial charge in [-0.15, -0.1) is 0 Å². The number of aliphatic hydroxyl groups is 1. The Hall–Kier alpha value is -3.58. The van der Waals surface area contributed by atoms with E-state index in [0.29, 0.717) is 22.4 Å². The lowest BCUT2D eigenvalue weighted by molar-refractivity contribution is -0.278. The molecule has 2 atom stereocenters. The number of nitrogens with one attached hydrogen (secondary N) is 2. The van der Waals surface area contributed by atoms with E-state index in [9.17, 15) is 41.4 Å². The van der Waals surface area contributed by atoms with Crippen LogP contribution < -0.4 is 15.5 Å². The molecule has 1 unspecified atom stereocenters. The first kappa shape index (κ1) is 28.0. The number of para-hydroxylation sites is 1. The van der Waals surface area contributed by atoms with Crippen LogP contribution in [-0.2, 0) is 19.1 Å². The number of amides is 3. The van der Waals surface area contributed by atoms with Crippen molar-refractivity contribution in [1.29, 1.82) is 0 Å². The lowest BCUT2D eigenvalue weighted by Gasteiger charge is -2.27. The van der Waals surface area contributed by atoms with Crippen LogP contribution in [0.25, 0.3) is 11.1 Å². The van der Waals surface area contributed by atoms with Crippen molar-refractivity contribution >= 4 is 23.4 Å². The first-order valence-electron chi connectivity index (χ1n) is 11.2. The van der Waals surface area contributed by atoms with Crippen LogP contribution in [0, 0.1) is 0 Å². The molecule has 8 nitrogen and oxygen atoms in total. The number of carbonyl (C=O) groups excluding carboxylic acids is 3. The van der Waals surface area contributed by atoms with Crippen LogP contribution in [0.5, 0.6) is 0 Å².